The van der Waals surface area contributed by atoms with E-state index >= 15 is 0 Å². The molecule has 5 heteroatoms. The van der Waals surface area contributed by atoms with Crippen molar-refractivity contribution in [1.29, 1.82) is 0 Å². The second-order valence-electron chi connectivity index (χ2n) is 2.25. The number of benzene rings is 1. The number of hydrogen-bond acceptors (Lipinski definition) is 4. The third-order valence-corrected chi connectivity index (χ3v) is 1.71. The van der Waals surface area contributed by atoms with Crippen LogP contribution in [0.25, 0.3) is 0 Å². The number of hydrogen-bond donors (Lipinski definition) is 2. The molecule has 0 aliphatic carbocycles. The number of nitrogens with two attached hydrogens (primary N) is 2. The molecule has 0 atom stereocenters. The highest BCUT2D eigenvalue weighted by Crippen LogP contribution is 2.26. The molecule has 0 fully saturated rings. The molecule has 0 radical (unpaired) electrons. The fraction of sp³-hybridized carbons (Fsp3) is 0. The Hall–Kier alpha value is -1.42. The molecule has 0 heterocycles. The van der Waals surface area contributed by atoms with Crippen LogP contribution in [-0.2, 0) is 0 Å². The first kappa shape index (κ1) is 8.67. The zero-order valence-corrected chi connectivity index (χ0v) is 6.76. The molecule has 0 aromatic heterocycles. The van der Waals surface area contributed by atoms with Crippen molar-refractivity contribution >= 4 is 28.9 Å². The summed E-state index contributed by atoms with van der Waals surface area (Å²) < 4.78 is 0. The van der Waals surface area contributed by atoms with Gasteiger partial charge in [-0.3, -0.25) is 0 Å². The first-order valence-corrected chi connectivity index (χ1v) is 3.46. The van der Waals surface area contributed by atoms with Gasteiger partial charge in [-0.2, -0.15) is 0 Å². The molecule has 1 rings (SSSR count). The molecule has 0 bridgehead atoms. The summed E-state index contributed by atoms with van der Waals surface area (Å²) in [5.74, 6) is -1.33. The van der Waals surface area contributed by atoms with Gasteiger partial charge in [0.15, 0.2) is 0 Å². The van der Waals surface area contributed by atoms with Gasteiger partial charge in [-0.25, -0.2) is 0 Å². The number of rotatable bonds is 1. The second kappa shape index (κ2) is 2.91. The summed E-state index contributed by atoms with van der Waals surface area (Å²) in [6.45, 7) is 0. The van der Waals surface area contributed by atoms with Crippen LogP contribution in [-0.4, -0.2) is 5.97 Å². The average Bonchev–Trinajstić information content (AvgIpc) is 1.99. The molecule has 4 nitrogen and oxygen atoms in total. The maximum Gasteiger partial charge on any atom is 0.0737 e. The Kier molecular flexibility index (Phi) is 2.10. The molecule has 0 amide bonds. The lowest BCUT2D eigenvalue weighted by molar-refractivity contribution is -0.255. The zero-order chi connectivity index (χ0) is 9.30. The lowest BCUT2D eigenvalue weighted by atomic mass is 10.2. The summed E-state index contributed by atoms with van der Waals surface area (Å²) in [4.78, 5) is 10.4. The summed E-state index contributed by atoms with van der Waals surface area (Å²) in [6.07, 6.45) is 0. The van der Waals surface area contributed by atoms with E-state index in [1.807, 2.05) is 0 Å². The van der Waals surface area contributed by atoms with Crippen molar-refractivity contribution in [3.8, 4) is 0 Å². The van der Waals surface area contributed by atoms with Crippen molar-refractivity contribution in [2.75, 3.05) is 11.5 Å². The van der Waals surface area contributed by atoms with Crippen LogP contribution in [0.15, 0.2) is 12.1 Å². The van der Waals surface area contributed by atoms with Crippen LogP contribution in [0.2, 0.25) is 5.02 Å². The minimum Gasteiger partial charge on any atom is -0.545 e. The van der Waals surface area contributed by atoms with Crippen molar-refractivity contribution < 1.29 is 9.90 Å². The summed E-state index contributed by atoms with van der Waals surface area (Å²) in [5.41, 5.74) is 11.0. The molecule has 0 unspecified atom stereocenters. The first-order valence-electron chi connectivity index (χ1n) is 3.08. The Bertz CT molecular complexity index is 315. The van der Waals surface area contributed by atoms with E-state index < -0.39 is 5.97 Å². The standard InChI is InChI=1S/C7H7ClN2O2/c8-4-1-3(7(11)12)2-5(9)6(4)10/h1-2H,9-10H2,(H,11,12)/p-1. The van der Waals surface area contributed by atoms with E-state index in [0.29, 0.717) is 0 Å². The molecule has 0 aliphatic heterocycles. The predicted molar refractivity (Wildman–Crippen MR) is 44.6 cm³/mol. The van der Waals surface area contributed by atoms with Crippen LogP contribution in [0.1, 0.15) is 10.4 Å². The lowest BCUT2D eigenvalue weighted by Crippen LogP contribution is -2.22. The van der Waals surface area contributed by atoms with Crippen molar-refractivity contribution in [3.05, 3.63) is 22.7 Å². The summed E-state index contributed by atoms with van der Waals surface area (Å²) in [6, 6.07) is 2.40. The summed E-state index contributed by atoms with van der Waals surface area (Å²) >= 11 is 5.57. The Morgan fingerprint density at radius 2 is 2.00 bits per heavy atom. The van der Waals surface area contributed by atoms with Gasteiger partial charge >= 0.3 is 0 Å². The molecular formula is C7H6ClN2O2-. The van der Waals surface area contributed by atoms with Crippen LogP contribution in [0, 0.1) is 0 Å². The summed E-state index contributed by atoms with van der Waals surface area (Å²) in [7, 11) is 0. The lowest BCUT2D eigenvalue weighted by Gasteiger charge is -2.07. The van der Waals surface area contributed by atoms with Gasteiger partial charge in [0.05, 0.1) is 22.4 Å². The number of halogens is 1. The zero-order valence-electron chi connectivity index (χ0n) is 6.00. The van der Waals surface area contributed by atoms with E-state index in [0.717, 1.165) is 0 Å². The van der Waals surface area contributed by atoms with Crippen LogP contribution in [0.3, 0.4) is 0 Å². The first-order chi connectivity index (χ1) is 5.52. The van der Waals surface area contributed by atoms with E-state index in [9.17, 15) is 9.90 Å². The van der Waals surface area contributed by atoms with Gasteiger partial charge in [0.25, 0.3) is 0 Å². The van der Waals surface area contributed by atoms with E-state index in [1.165, 1.54) is 12.1 Å². The number of aromatic carboxylic acids is 1. The molecule has 1 aromatic carbocycles. The van der Waals surface area contributed by atoms with Crippen LogP contribution < -0.4 is 16.6 Å². The van der Waals surface area contributed by atoms with Crippen LogP contribution >= 0.6 is 11.6 Å². The Morgan fingerprint density at radius 3 is 2.42 bits per heavy atom. The van der Waals surface area contributed by atoms with Gasteiger partial charge in [0, 0.05) is 5.56 Å². The van der Waals surface area contributed by atoms with Gasteiger partial charge < -0.3 is 21.4 Å². The number of carbonyl (C=O) groups excluding carboxylic acids is 1. The molecule has 12 heavy (non-hydrogen) atoms. The number of anilines is 2. The van der Waals surface area contributed by atoms with Gasteiger partial charge in [-0.05, 0) is 12.1 Å². The number of carboxylic acid groups (broad SMARTS) is 1. The van der Waals surface area contributed by atoms with Crippen molar-refractivity contribution in [2.45, 2.75) is 0 Å². The fourth-order valence-electron chi connectivity index (χ4n) is 0.757. The highest BCUT2D eigenvalue weighted by molar-refractivity contribution is 6.34. The van der Waals surface area contributed by atoms with Gasteiger partial charge in [0.2, 0.25) is 0 Å². The van der Waals surface area contributed by atoms with E-state index in [4.69, 9.17) is 23.1 Å². The van der Waals surface area contributed by atoms with Gasteiger partial charge in [0.1, 0.15) is 0 Å². The van der Waals surface area contributed by atoms with E-state index in [2.05, 4.69) is 0 Å². The molecule has 0 saturated carbocycles. The normalized spacial score (nSPS) is 9.75. The Morgan fingerprint density at radius 1 is 1.42 bits per heavy atom. The SMILES string of the molecule is Nc1cc(C(=O)[O-])cc(Cl)c1N. The third-order valence-electron chi connectivity index (χ3n) is 1.40. The number of carbonyl (C=O) groups is 1. The van der Waals surface area contributed by atoms with E-state index in [-0.39, 0.29) is 22.0 Å². The number of nitrogen functional groups attached to an aromatic ring is 2. The highest BCUT2D eigenvalue weighted by atomic mass is 35.5. The van der Waals surface area contributed by atoms with Crippen molar-refractivity contribution in [3.63, 3.8) is 0 Å². The third kappa shape index (κ3) is 1.43. The van der Waals surface area contributed by atoms with Crippen LogP contribution in [0.4, 0.5) is 11.4 Å². The highest BCUT2D eigenvalue weighted by Gasteiger charge is 2.03. The van der Waals surface area contributed by atoms with Gasteiger partial charge in [-0.15, -0.1) is 0 Å². The molecule has 4 N–H and O–H groups in total. The quantitative estimate of drug-likeness (QED) is 0.596. The van der Waals surface area contributed by atoms with Crippen molar-refractivity contribution in [1.82, 2.24) is 0 Å². The molecule has 1 aromatic rings. The molecule has 0 spiro atoms. The Balaban J connectivity index is 3.31. The summed E-state index contributed by atoms with van der Waals surface area (Å²) in [5, 5.41) is 10.5. The van der Waals surface area contributed by atoms with E-state index in [1.54, 1.807) is 0 Å². The largest absolute Gasteiger partial charge is 0.545 e. The monoisotopic (exact) mass is 185 g/mol. The molecule has 0 saturated heterocycles. The predicted octanol–water partition coefficient (Wildman–Crippen LogP) is -0.132. The van der Waals surface area contributed by atoms with Crippen LogP contribution in [0.5, 0.6) is 0 Å². The average molecular weight is 186 g/mol. The fourth-order valence-corrected chi connectivity index (χ4v) is 0.984. The molecular weight excluding hydrogens is 180 g/mol. The van der Waals surface area contributed by atoms with Gasteiger partial charge in [-0.1, -0.05) is 11.6 Å². The minimum atomic E-state index is -1.33. The maximum atomic E-state index is 10.4. The maximum absolute atomic E-state index is 10.4. The number of carboxylic acids is 1. The smallest absolute Gasteiger partial charge is 0.0737 e. The second-order valence-corrected chi connectivity index (χ2v) is 2.66. The molecule has 0 aliphatic rings. The minimum absolute atomic E-state index is 0.0771. The van der Waals surface area contributed by atoms with Crippen molar-refractivity contribution in [2.24, 2.45) is 0 Å². The topological polar surface area (TPSA) is 92.2 Å². The Labute approximate surface area is 73.7 Å². The molecule has 64 valence electrons.